The third-order valence-corrected chi connectivity index (χ3v) is 1.36. The van der Waals surface area contributed by atoms with Crippen LogP contribution in [0.4, 0.5) is 0 Å². The van der Waals surface area contributed by atoms with Gasteiger partial charge in [0.1, 0.15) is 0 Å². The molecule has 0 fully saturated rings. The molecule has 0 saturated heterocycles. The lowest BCUT2D eigenvalue weighted by Crippen LogP contribution is -2.16. The van der Waals surface area contributed by atoms with E-state index in [0.29, 0.717) is 0 Å². The Kier molecular flexibility index (Phi) is 7.35. The molecule has 3 heteroatoms. The maximum Gasteiger partial charge on any atom is 0.0431 e. The maximum atomic E-state index is 8.42. The minimum absolute atomic E-state index is 0.289. The van der Waals surface area contributed by atoms with Gasteiger partial charge >= 0.3 is 0 Å². The van der Waals surface area contributed by atoms with Crippen LogP contribution in [0.25, 0.3) is 0 Å². The summed E-state index contributed by atoms with van der Waals surface area (Å²) in [6, 6.07) is 0. The Morgan fingerprint density at radius 2 is 2.20 bits per heavy atom. The van der Waals surface area contributed by atoms with Gasteiger partial charge in [0.25, 0.3) is 0 Å². The Labute approximate surface area is 70.5 Å². The number of aliphatic hydroxyl groups excluding tert-OH is 1. The Balaban J connectivity index is 2.84. The SMILES string of the molecule is C=C(Br)CNCCCCO. The summed E-state index contributed by atoms with van der Waals surface area (Å²) in [5.74, 6) is 0. The number of unbranched alkanes of at least 4 members (excludes halogenated alkanes) is 1. The smallest absolute Gasteiger partial charge is 0.0431 e. The van der Waals surface area contributed by atoms with Crippen LogP contribution < -0.4 is 5.32 Å². The van der Waals surface area contributed by atoms with Crippen LogP contribution in [0.3, 0.4) is 0 Å². The van der Waals surface area contributed by atoms with E-state index in [-0.39, 0.29) is 6.61 Å². The number of hydrogen-bond donors (Lipinski definition) is 2. The fourth-order valence-corrected chi connectivity index (χ4v) is 0.784. The van der Waals surface area contributed by atoms with Crippen molar-refractivity contribution in [3.8, 4) is 0 Å². The van der Waals surface area contributed by atoms with Crippen LogP contribution >= 0.6 is 15.9 Å². The second-order valence-electron chi connectivity index (χ2n) is 2.12. The van der Waals surface area contributed by atoms with E-state index in [9.17, 15) is 0 Å². The van der Waals surface area contributed by atoms with Crippen LogP contribution in [-0.4, -0.2) is 24.8 Å². The summed E-state index contributed by atoms with van der Waals surface area (Å²) in [6.07, 6.45) is 1.90. The third-order valence-electron chi connectivity index (χ3n) is 1.08. The van der Waals surface area contributed by atoms with Gasteiger partial charge in [-0.1, -0.05) is 22.5 Å². The molecule has 0 aliphatic rings. The van der Waals surface area contributed by atoms with Gasteiger partial charge in [0.15, 0.2) is 0 Å². The predicted octanol–water partition coefficient (Wildman–Crippen LogP) is 1.26. The van der Waals surface area contributed by atoms with Gasteiger partial charge in [-0.3, -0.25) is 0 Å². The van der Waals surface area contributed by atoms with E-state index in [1.54, 1.807) is 0 Å². The molecule has 0 radical (unpaired) electrons. The zero-order chi connectivity index (χ0) is 7.82. The second-order valence-corrected chi connectivity index (χ2v) is 3.25. The van der Waals surface area contributed by atoms with Gasteiger partial charge in [0, 0.05) is 17.6 Å². The zero-order valence-electron chi connectivity index (χ0n) is 6.07. The van der Waals surface area contributed by atoms with Gasteiger partial charge in [-0.05, 0) is 19.4 Å². The maximum absolute atomic E-state index is 8.42. The highest BCUT2D eigenvalue weighted by Gasteiger charge is 1.87. The number of hydrogen-bond acceptors (Lipinski definition) is 2. The zero-order valence-corrected chi connectivity index (χ0v) is 7.65. The monoisotopic (exact) mass is 207 g/mol. The van der Waals surface area contributed by atoms with Crippen molar-refractivity contribution in [1.82, 2.24) is 5.32 Å². The van der Waals surface area contributed by atoms with Crippen molar-refractivity contribution < 1.29 is 5.11 Å². The topological polar surface area (TPSA) is 32.3 Å². The van der Waals surface area contributed by atoms with Crippen molar-refractivity contribution in [3.05, 3.63) is 11.1 Å². The van der Waals surface area contributed by atoms with Crippen LogP contribution in [0.15, 0.2) is 11.1 Å². The molecule has 10 heavy (non-hydrogen) atoms. The van der Waals surface area contributed by atoms with Gasteiger partial charge in [0.05, 0.1) is 0 Å². The molecule has 0 aromatic carbocycles. The average molecular weight is 208 g/mol. The molecule has 0 aliphatic carbocycles. The van der Waals surface area contributed by atoms with Crippen molar-refractivity contribution in [2.45, 2.75) is 12.8 Å². The van der Waals surface area contributed by atoms with E-state index in [2.05, 4.69) is 27.8 Å². The van der Waals surface area contributed by atoms with Crippen LogP contribution in [0.5, 0.6) is 0 Å². The summed E-state index contributed by atoms with van der Waals surface area (Å²) < 4.78 is 0.969. The molecule has 0 unspecified atom stereocenters. The molecular formula is C7H14BrNO. The minimum atomic E-state index is 0.289. The standard InChI is InChI=1S/C7H14BrNO/c1-7(8)6-9-4-2-3-5-10/h9-10H,1-6H2. The molecule has 0 rings (SSSR count). The lowest BCUT2D eigenvalue weighted by Gasteiger charge is -2.00. The van der Waals surface area contributed by atoms with Crippen molar-refractivity contribution in [2.24, 2.45) is 0 Å². The minimum Gasteiger partial charge on any atom is -0.396 e. The van der Waals surface area contributed by atoms with E-state index in [4.69, 9.17) is 5.11 Å². The van der Waals surface area contributed by atoms with Gasteiger partial charge in [0.2, 0.25) is 0 Å². The third kappa shape index (κ3) is 8.14. The molecule has 0 aliphatic heterocycles. The second kappa shape index (κ2) is 7.25. The van der Waals surface area contributed by atoms with Gasteiger partial charge < -0.3 is 10.4 Å². The molecule has 0 saturated carbocycles. The molecule has 0 bridgehead atoms. The highest BCUT2D eigenvalue weighted by atomic mass is 79.9. The molecule has 0 amide bonds. The number of aliphatic hydroxyl groups is 1. The van der Waals surface area contributed by atoms with E-state index in [1.807, 2.05) is 0 Å². The molecular weight excluding hydrogens is 194 g/mol. The molecule has 0 aromatic rings. The van der Waals surface area contributed by atoms with E-state index in [1.165, 1.54) is 0 Å². The van der Waals surface area contributed by atoms with E-state index >= 15 is 0 Å². The summed E-state index contributed by atoms with van der Waals surface area (Å²) in [4.78, 5) is 0. The van der Waals surface area contributed by atoms with Crippen LogP contribution in [0.1, 0.15) is 12.8 Å². The van der Waals surface area contributed by atoms with E-state index in [0.717, 1.165) is 30.4 Å². The lowest BCUT2D eigenvalue weighted by molar-refractivity contribution is 0.284. The summed E-state index contributed by atoms with van der Waals surface area (Å²) in [6.45, 7) is 5.73. The Morgan fingerprint density at radius 1 is 1.50 bits per heavy atom. The number of halogens is 1. The van der Waals surface area contributed by atoms with Crippen LogP contribution in [0.2, 0.25) is 0 Å². The molecule has 2 nitrogen and oxygen atoms in total. The molecule has 2 N–H and O–H groups in total. The first kappa shape index (κ1) is 10.1. The summed E-state index contributed by atoms with van der Waals surface area (Å²) in [7, 11) is 0. The Morgan fingerprint density at radius 3 is 2.70 bits per heavy atom. The highest BCUT2D eigenvalue weighted by Crippen LogP contribution is 1.96. The summed E-state index contributed by atoms with van der Waals surface area (Å²) >= 11 is 3.24. The van der Waals surface area contributed by atoms with Gasteiger partial charge in [-0.2, -0.15) is 0 Å². The largest absolute Gasteiger partial charge is 0.396 e. The van der Waals surface area contributed by atoms with Gasteiger partial charge in [-0.25, -0.2) is 0 Å². The molecule has 0 aromatic heterocycles. The predicted molar refractivity (Wildman–Crippen MR) is 47.3 cm³/mol. The van der Waals surface area contributed by atoms with Crippen molar-refractivity contribution in [2.75, 3.05) is 19.7 Å². The first-order valence-electron chi connectivity index (χ1n) is 3.42. The number of rotatable bonds is 6. The number of nitrogens with one attached hydrogen (secondary N) is 1. The summed E-state index contributed by atoms with van der Waals surface area (Å²) in [5, 5.41) is 11.6. The average Bonchev–Trinajstić information content (AvgIpc) is 1.87. The first-order chi connectivity index (χ1) is 4.77. The highest BCUT2D eigenvalue weighted by molar-refractivity contribution is 9.11. The molecule has 0 heterocycles. The normalized spacial score (nSPS) is 9.80. The van der Waals surface area contributed by atoms with Gasteiger partial charge in [-0.15, -0.1) is 0 Å². The molecule has 0 atom stereocenters. The Hall–Kier alpha value is 0.140. The quantitative estimate of drug-likeness (QED) is 0.644. The first-order valence-corrected chi connectivity index (χ1v) is 4.21. The van der Waals surface area contributed by atoms with E-state index < -0.39 is 0 Å². The fraction of sp³-hybridized carbons (Fsp3) is 0.714. The van der Waals surface area contributed by atoms with Crippen molar-refractivity contribution in [3.63, 3.8) is 0 Å². The van der Waals surface area contributed by atoms with Crippen LogP contribution in [-0.2, 0) is 0 Å². The molecule has 60 valence electrons. The van der Waals surface area contributed by atoms with Crippen molar-refractivity contribution in [1.29, 1.82) is 0 Å². The summed E-state index contributed by atoms with van der Waals surface area (Å²) in [5.41, 5.74) is 0. The van der Waals surface area contributed by atoms with Crippen LogP contribution in [0, 0.1) is 0 Å². The molecule has 0 spiro atoms. The van der Waals surface area contributed by atoms with Crippen molar-refractivity contribution >= 4 is 15.9 Å². The Bertz CT molecular complexity index is 95.6. The lowest BCUT2D eigenvalue weighted by atomic mass is 10.3. The fourth-order valence-electron chi connectivity index (χ4n) is 0.586.